The molecule has 0 saturated heterocycles. The van der Waals surface area contributed by atoms with Gasteiger partial charge in [-0.1, -0.05) is 16.8 Å². The summed E-state index contributed by atoms with van der Waals surface area (Å²) < 4.78 is 16.5. The van der Waals surface area contributed by atoms with E-state index in [9.17, 15) is 4.79 Å². The van der Waals surface area contributed by atoms with Crippen LogP contribution in [-0.4, -0.2) is 34.2 Å². The molecule has 1 aromatic carbocycles. The third-order valence-corrected chi connectivity index (χ3v) is 4.59. The number of benzene rings is 1. The molecule has 9 heteroatoms. The van der Waals surface area contributed by atoms with Crippen LogP contribution in [-0.2, 0) is 17.8 Å². The van der Waals surface area contributed by atoms with Gasteiger partial charge < -0.3 is 19.3 Å². The number of nitrogens with one attached hydrogen (secondary N) is 1. The molecule has 8 nitrogen and oxygen atoms in total. The molecule has 0 unspecified atom stereocenters. The van der Waals surface area contributed by atoms with Crippen LogP contribution in [0.25, 0.3) is 11.4 Å². The number of carbonyl (C=O) groups is 1. The summed E-state index contributed by atoms with van der Waals surface area (Å²) in [5.74, 6) is 1.88. The van der Waals surface area contributed by atoms with Gasteiger partial charge in [-0.2, -0.15) is 4.98 Å². The van der Waals surface area contributed by atoms with Gasteiger partial charge in [-0.05, 0) is 29.8 Å². The van der Waals surface area contributed by atoms with Gasteiger partial charge in [0.1, 0.15) is 0 Å². The third kappa shape index (κ3) is 4.83. The lowest BCUT2D eigenvalue weighted by molar-refractivity contribution is -0.121. The number of aromatic nitrogens is 3. The maximum absolute atomic E-state index is 12.2. The van der Waals surface area contributed by atoms with Crippen LogP contribution in [0.1, 0.15) is 24.3 Å². The molecule has 1 aliphatic heterocycles. The monoisotopic (exact) mass is 414 g/mol. The summed E-state index contributed by atoms with van der Waals surface area (Å²) in [7, 11) is 0. The molecule has 2 aromatic heterocycles. The Kier molecular flexibility index (Phi) is 5.90. The Labute approximate surface area is 172 Å². The summed E-state index contributed by atoms with van der Waals surface area (Å²) in [6.45, 7) is 1.48. The number of ether oxygens (including phenoxy) is 2. The van der Waals surface area contributed by atoms with Crippen molar-refractivity contribution in [3.63, 3.8) is 0 Å². The molecular formula is C20H19ClN4O4. The van der Waals surface area contributed by atoms with Gasteiger partial charge in [-0.25, -0.2) is 0 Å². The van der Waals surface area contributed by atoms with Crippen LogP contribution in [0, 0.1) is 0 Å². The summed E-state index contributed by atoms with van der Waals surface area (Å²) in [6.07, 6.45) is 4.70. The first-order chi connectivity index (χ1) is 14.2. The van der Waals surface area contributed by atoms with Crippen molar-refractivity contribution < 1.29 is 18.8 Å². The van der Waals surface area contributed by atoms with Gasteiger partial charge in [-0.15, -0.1) is 0 Å². The fourth-order valence-corrected chi connectivity index (χ4v) is 3.15. The van der Waals surface area contributed by atoms with E-state index in [2.05, 4.69) is 20.4 Å². The van der Waals surface area contributed by atoms with E-state index < -0.39 is 0 Å². The highest BCUT2D eigenvalue weighted by atomic mass is 35.5. The summed E-state index contributed by atoms with van der Waals surface area (Å²) in [5, 5.41) is 7.26. The number of pyridine rings is 1. The minimum atomic E-state index is -0.130. The van der Waals surface area contributed by atoms with Crippen molar-refractivity contribution in [2.75, 3.05) is 13.2 Å². The van der Waals surface area contributed by atoms with Crippen molar-refractivity contribution in [3.8, 4) is 22.9 Å². The molecule has 0 fully saturated rings. The van der Waals surface area contributed by atoms with Crippen LogP contribution in [0.3, 0.4) is 0 Å². The molecule has 3 aromatic rings. The Morgan fingerprint density at radius 3 is 3.00 bits per heavy atom. The predicted octanol–water partition coefficient (Wildman–Crippen LogP) is 3.20. The Bertz CT molecular complexity index is 993. The second-order valence-electron chi connectivity index (χ2n) is 6.49. The second-order valence-corrected chi connectivity index (χ2v) is 6.89. The number of carbonyl (C=O) groups excluding carboxylic acids is 1. The van der Waals surface area contributed by atoms with Crippen LogP contribution in [0.5, 0.6) is 11.5 Å². The Balaban J connectivity index is 1.30. The van der Waals surface area contributed by atoms with Crippen LogP contribution in [0.15, 0.2) is 41.2 Å². The van der Waals surface area contributed by atoms with Gasteiger partial charge in [0.25, 0.3) is 0 Å². The van der Waals surface area contributed by atoms with Crippen molar-refractivity contribution in [2.45, 2.75) is 25.8 Å². The molecule has 4 rings (SSSR count). The minimum Gasteiger partial charge on any atom is -0.489 e. The normalized spacial score (nSPS) is 13.0. The fraction of sp³-hybridized carbons (Fsp3) is 0.300. The molecule has 29 heavy (non-hydrogen) atoms. The fourth-order valence-electron chi connectivity index (χ4n) is 2.86. The zero-order chi connectivity index (χ0) is 20.1. The topological polar surface area (TPSA) is 99.4 Å². The van der Waals surface area contributed by atoms with Gasteiger partial charge in [0.15, 0.2) is 11.5 Å². The van der Waals surface area contributed by atoms with Crippen LogP contribution >= 0.6 is 11.6 Å². The molecule has 150 valence electrons. The quantitative estimate of drug-likeness (QED) is 0.661. The molecule has 0 spiro atoms. The van der Waals surface area contributed by atoms with Crippen molar-refractivity contribution in [3.05, 3.63) is 53.1 Å². The van der Waals surface area contributed by atoms with E-state index in [-0.39, 0.29) is 12.3 Å². The highest BCUT2D eigenvalue weighted by Crippen LogP contribution is 2.37. The second kappa shape index (κ2) is 8.91. The Morgan fingerprint density at radius 1 is 1.24 bits per heavy atom. The van der Waals surface area contributed by atoms with Crippen molar-refractivity contribution in [1.82, 2.24) is 20.4 Å². The molecule has 0 atom stereocenters. The highest BCUT2D eigenvalue weighted by Gasteiger charge is 2.16. The number of halogens is 1. The number of nitrogens with zero attached hydrogens (tertiary/aromatic N) is 3. The summed E-state index contributed by atoms with van der Waals surface area (Å²) in [4.78, 5) is 20.5. The third-order valence-electron chi connectivity index (χ3n) is 4.31. The van der Waals surface area contributed by atoms with E-state index in [1.807, 2.05) is 12.1 Å². The highest BCUT2D eigenvalue weighted by molar-refractivity contribution is 6.32. The molecule has 1 N–H and O–H groups in total. The van der Waals surface area contributed by atoms with E-state index in [0.29, 0.717) is 54.4 Å². The average molecular weight is 415 g/mol. The van der Waals surface area contributed by atoms with Gasteiger partial charge in [0.05, 0.1) is 18.2 Å². The van der Waals surface area contributed by atoms with E-state index in [1.165, 1.54) is 0 Å². The molecule has 1 aliphatic rings. The predicted molar refractivity (Wildman–Crippen MR) is 105 cm³/mol. The van der Waals surface area contributed by atoms with Crippen LogP contribution < -0.4 is 14.8 Å². The Hall–Kier alpha value is -3.13. The molecule has 1 amide bonds. The SMILES string of the molecule is O=C(CCc1nc(-c2cccnc2)no1)NCc1cc(Cl)c2c(c1)OCCCO2. The van der Waals surface area contributed by atoms with Gasteiger partial charge >= 0.3 is 0 Å². The standard InChI is InChI=1S/C20H19ClN4O4/c21-15-9-13(10-16-19(15)28-8-2-7-27-16)11-23-17(26)4-5-18-24-20(25-29-18)14-3-1-6-22-12-14/h1,3,6,9-10,12H,2,4-5,7-8,11H2,(H,23,26). The van der Waals surface area contributed by atoms with E-state index in [0.717, 1.165) is 17.5 Å². The van der Waals surface area contributed by atoms with Crippen molar-refractivity contribution in [1.29, 1.82) is 0 Å². The van der Waals surface area contributed by atoms with E-state index in [4.69, 9.17) is 25.6 Å². The lowest BCUT2D eigenvalue weighted by Crippen LogP contribution is -2.23. The van der Waals surface area contributed by atoms with Gasteiger partial charge in [0, 0.05) is 43.8 Å². The molecule has 0 aliphatic carbocycles. The minimum absolute atomic E-state index is 0.130. The molecule has 0 saturated carbocycles. The van der Waals surface area contributed by atoms with E-state index in [1.54, 1.807) is 24.5 Å². The number of hydrogen-bond donors (Lipinski definition) is 1. The zero-order valence-corrected chi connectivity index (χ0v) is 16.3. The maximum Gasteiger partial charge on any atom is 0.227 e. The number of aryl methyl sites for hydroxylation is 1. The number of rotatable bonds is 6. The number of fused-ring (bicyclic) bond motifs is 1. The first-order valence-corrected chi connectivity index (χ1v) is 9.64. The lowest BCUT2D eigenvalue weighted by atomic mass is 10.2. The zero-order valence-electron chi connectivity index (χ0n) is 15.6. The molecular weight excluding hydrogens is 396 g/mol. The lowest BCUT2D eigenvalue weighted by Gasteiger charge is -2.12. The Morgan fingerprint density at radius 2 is 2.14 bits per heavy atom. The van der Waals surface area contributed by atoms with Crippen molar-refractivity contribution in [2.24, 2.45) is 0 Å². The molecule has 0 bridgehead atoms. The summed E-state index contributed by atoms with van der Waals surface area (Å²) in [5.41, 5.74) is 1.60. The largest absolute Gasteiger partial charge is 0.489 e. The van der Waals surface area contributed by atoms with Gasteiger partial charge in [0.2, 0.25) is 17.6 Å². The van der Waals surface area contributed by atoms with Crippen LogP contribution in [0.4, 0.5) is 0 Å². The smallest absolute Gasteiger partial charge is 0.227 e. The van der Waals surface area contributed by atoms with Crippen molar-refractivity contribution >= 4 is 17.5 Å². The molecule has 3 heterocycles. The number of hydrogen-bond acceptors (Lipinski definition) is 7. The average Bonchev–Trinajstić information content (AvgIpc) is 3.09. The maximum atomic E-state index is 12.2. The molecule has 0 radical (unpaired) electrons. The first-order valence-electron chi connectivity index (χ1n) is 9.27. The van der Waals surface area contributed by atoms with E-state index >= 15 is 0 Å². The summed E-state index contributed by atoms with van der Waals surface area (Å²) in [6, 6.07) is 7.25. The number of amides is 1. The van der Waals surface area contributed by atoms with Gasteiger partial charge in [-0.3, -0.25) is 9.78 Å². The first kappa shape index (κ1) is 19.2. The summed E-state index contributed by atoms with van der Waals surface area (Å²) >= 11 is 6.28. The van der Waals surface area contributed by atoms with Crippen LogP contribution in [0.2, 0.25) is 5.02 Å².